The lowest BCUT2D eigenvalue weighted by Crippen LogP contribution is -2.28. The van der Waals surface area contributed by atoms with Gasteiger partial charge in [0, 0.05) is 19.1 Å². The Morgan fingerprint density at radius 3 is 3.05 bits per heavy atom. The summed E-state index contributed by atoms with van der Waals surface area (Å²) in [7, 11) is 0. The van der Waals surface area contributed by atoms with Crippen LogP contribution in [-0.2, 0) is 0 Å². The maximum atomic E-state index is 8.89. The highest BCUT2D eigenvalue weighted by Gasteiger charge is 2.31. The SMILES string of the molecule is CCCNc1nc(N(CCC#N)C2CC2)c2ccsc2n1. The van der Waals surface area contributed by atoms with Crippen molar-refractivity contribution in [2.24, 2.45) is 0 Å². The van der Waals surface area contributed by atoms with E-state index in [-0.39, 0.29) is 0 Å². The van der Waals surface area contributed by atoms with Crippen LogP contribution in [0, 0.1) is 11.3 Å². The van der Waals surface area contributed by atoms with Gasteiger partial charge in [-0.05, 0) is 30.7 Å². The van der Waals surface area contributed by atoms with Gasteiger partial charge in [-0.3, -0.25) is 0 Å². The second kappa shape index (κ2) is 6.27. The molecule has 1 aliphatic rings. The minimum atomic E-state index is 0.532. The number of thiophene rings is 1. The summed E-state index contributed by atoms with van der Waals surface area (Å²) in [5, 5.41) is 15.3. The van der Waals surface area contributed by atoms with Crippen molar-refractivity contribution in [3.05, 3.63) is 11.4 Å². The second-order valence-corrected chi connectivity index (χ2v) is 6.16. The minimum Gasteiger partial charge on any atom is -0.354 e. The molecule has 0 spiro atoms. The van der Waals surface area contributed by atoms with Crippen molar-refractivity contribution >= 4 is 33.3 Å². The van der Waals surface area contributed by atoms with Crippen molar-refractivity contribution < 1.29 is 0 Å². The Morgan fingerprint density at radius 2 is 2.33 bits per heavy atom. The zero-order chi connectivity index (χ0) is 14.7. The van der Waals surface area contributed by atoms with Crippen LogP contribution in [0.1, 0.15) is 32.6 Å². The first-order valence-electron chi connectivity index (χ1n) is 7.46. The summed E-state index contributed by atoms with van der Waals surface area (Å²) in [4.78, 5) is 12.6. The third-order valence-corrected chi connectivity index (χ3v) is 4.37. The van der Waals surface area contributed by atoms with Crippen LogP contribution in [-0.4, -0.2) is 29.1 Å². The Balaban J connectivity index is 1.97. The van der Waals surface area contributed by atoms with Crippen LogP contribution in [0.3, 0.4) is 0 Å². The summed E-state index contributed by atoms with van der Waals surface area (Å²) in [6.07, 6.45) is 3.96. The van der Waals surface area contributed by atoms with Gasteiger partial charge >= 0.3 is 0 Å². The zero-order valence-electron chi connectivity index (χ0n) is 12.2. The summed E-state index contributed by atoms with van der Waals surface area (Å²) in [5.74, 6) is 1.68. The highest BCUT2D eigenvalue weighted by molar-refractivity contribution is 7.16. The van der Waals surface area contributed by atoms with Crippen molar-refractivity contribution in [1.29, 1.82) is 5.26 Å². The number of nitrogens with zero attached hydrogens (tertiary/aromatic N) is 4. The molecule has 6 heteroatoms. The van der Waals surface area contributed by atoms with E-state index < -0.39 is 0 Å². The lowest BCUT2D eigenvalue weighted by Gasteiger charge is -2.23. The smallest absolute Gasteiger partial charge is 0.226 e. The molecule has 2 aromatic heterocycles. The fourth-order valence-corrected chi connectivity index (χ4v) is 3.15. The second-order valence-electron chi connectivity index (χ2n) is 5.27. The monoisotopic (exact) mass is 301 g/mol. The fourth-order valence-electron chi connectivity index (χ4n) is 2.39. The van der Waals surface area contributed by atoms with E-state index in [1.54, 1.807) is 11.3 Å². The minimum absolute atomic E-state index is 0.532. The summed E-state index contributed by atoms with van der Waals surface area (Å²) in [6.45, 7) is 3.75. The van der Waals surface area contributed by atoms with Crippen LogP contribution in [0.25, 0.3) is 10.2 Å². The average molecular weight is 301 g/mol. The Kier molecular flexibility index (Phi) is 4.20. The summed E-state index contributed by atoms with van der Waals surface area (Å²) in [5.41, 5.74) is 0. The Hall–Kier alpha value is -1.87. The van der Waals surface area contributed by atoms with Crippen LogP contribution in [0.5, 0.6) is 0 Å². The number of nitrogens with one attached hydrogen (secondary N) is 1. The molecule has 21 heavy (non-hydrogen) atoms. The molecule has 5 nitrogen and oxygen atoms in total. The summed E-state index contributed by atoms with van der Waals surface area (Å²) < 4.78 is 0. The van der Waals surface area contributed by atoms with E-state index in [1.807, 2.05) is 0 Å². The normalized spacial score (nSPS) is 14.1. The van der Waals surface area contributed by atoms with Gasteiger partial charge in [0.05, 0.1) is 17.9 Å². The summed E-state index contributed by atoms with van der Waals surface area (Å²) in [6, 6.07) is 4.86. The Bertz CT molecular complexity index is 656. The standard InChI is InChI=1S/C15H19N5S/c1-2-8-17-15-18-13(12-6-10-21-14(12)19-15)20(9-3-7-16)11-4-5-11/h6,10-11H,2-5,8-9H2,1H3,(H,17,18,19). The molecule has 0 aromatic carbocycles. The molecular weight excluding hydrogens is 282 g/mol. The number of hydrogen-bond acceptors (Lipinski definition) is 6. The first-order valence-corrected chi connectivity index (χ1v) is 8.34. The first-order chi connectivity index (χ1) is 10.3. The molecule has 1 N–H and O–H groups in total. The molecule has 0 unspecified atom stereocenters. The van der Waals surface area contributed by atoms with E-state index >= 15 is 0 Å². The van der Waals surface area contributed by atoms with Gasteiger partial charge in [-0.25, -0.2) is 4.98 Å². The lowest BCUT2D eigenvalue weighted by atomic mass is 10.3. The van der Waals surface area contributed by atoms with Gasteiger partial charge in [0.25, 0.3) is 0 Å². The van der Waals surface area contributed by atoms with Crippen molar-refractivity contribution in [2.75, 3.05) is 23.3 Å². The molecule has 0 saturated heterocycles. The van der Waals surface area contributed by atoms with E-state index in [4.69, 9.17) is 10.2 Å². The quantitative estimate of drug-likeness (QED) is 0.849. The number of anilines is 2. The van der Waals surface area contributed by atoms with Crippen molar-refractivity contribution in [1.82, 2.24) is 9.97 Å². The van der Waals surface area contributed by atoms with Gasteiger partial charge in [0.2, 0.25) is 5.95 Å². The molecule has 1 fully saturated rings. The molecule has 0 atom stereocenters. The van der Waals surface area contributed by atoms with Gasteiger partial charge in [-0.2, -0.15) is 10.2 Å². The molecular formula is C15H19N5S. The Morgan fingerprint density at radius 1 is 1.48 bits per heavy atom. The van der Waals surface area contributed by atoms with E-state index in [0.29, 0.717) is 18.4 Å². The highest BCUT2D eigenvalue weighted by Crippen LogP contribution is 2.36. The predicted molar refractivity (Wildman–Crippen MR) is 86.8 cm³/mol. The highest BCUT2D eigenvalue weighted by atomic mass is 32.1. The maximum Gasteiger partial charge on any atom is 0.226 e. The van der Waals surface area contributed by atoms with E-state index in [2.05, 4.69) is 39.6 Å². The third kappa shape index (κ3) is 3.08. The van der Waals surface area contributed by atoms with Crippen molar-refractivity contribution in [3.8, 4) is 6.07 Å². The molecule has 3 rings (SSSR count). The van der Waals surface area contributed by atoms with Gasteiger partial charge in [0.15, 0.2) is 0 Å². The molecule has 1 saturated carbocycles. The molecule has 2 heterocycles. The number of nitriles is 1. The van der Waals surface area contributed by atoms with Crippen LogP contribution in [0.15, 0.2) is 11.4 Å². The van der Waals surface area contributed by atoms with Crippen LogP contribution in [0.2, 0.25) is 0 Å². The van der Waals surface area contributed by atoms with E-state index in [1.165, 1.54) is 12.8 Å². The number of rotatable bonds is 7. The average Bonchev–Trinajstić information content (AvgIpc) is 3.22. The first kappa shape index (κ1) is 14.1. The predicted octanol–water partition coefficient (Wildman–Crippen LogP) is 3.40. The van der Waals surface area contributed by atoms with E-state index in [0.717, 1.165) is 35.5 Å². The fraction of sp³-hybridized carbons (Fsp3) is 0.533. The van der Waals surface area contributed by atoms with Crippen molar-refractivity contribution in [2.45, 2.75) is 38.6 Å². The number of aromatic nitrogens is 2. The summed E-state index contributed by atoms with van der Waals surface area (Å²) >= 11 is 1.64. The van der Waals surface area contributed by atoms with E-state index in [9.17, 15) is 0 Å². The van der Waals surface area contributed by atoms with Gasteiger partial charge in [-0.1, -0.05) is 6.92 Å². The largest absolute Gasteiger partial charge is 0.354 e. The van der Waals surface area contributed by atoms with Crippen LogP contribution >= 0.6 is 11.3 Å². The van der Waals surface area contributed by atoms with Crippen molar-refractivity contribution in [3.63, 3.8) is 0 Å². The third-order valence-electron chi connectivity index (χ3n) is 3.56. The van der Waals surface area contributed by atoms with Gasteiger partial charge in [-0.15, -0.1) is 11.3 Å². The maximum absolute atomic E-state index is 8.89. The molecule has 0 bridgehead atoms. The molecule has 0 amide bonds. The topological polar surface area (TPSA) is 64.8 Å². The lowest BCUT2D eigenvalue weighted by molar-refractivity contribution is 0.780. The van der Waals surface area contributed by atoms with Crippen LogP contribution in [0.4, 0.5) is 11.8 Å². The molecule has 1 aliphatic carbocycles. The molecule has 2 aromatic rings. The molecule has 110 valence electrons. The Labute approximate surface area is 128 Å². The van der Waals surface area contributed by atoms with Crippen LogP contribution < -0.4 is 10.2 Å². The zero-order valence-corrected chi connectivity index (χ0v) is 13.0. The number of fused-ring (bicyclic) bond motifs is 1. The van der Waals surface area contributed by atoms with Gasteiger partial charge < -0.3 is 10.2 Å². The molecule has 0 aliphatic heterocycles. The molecule has 0 radical (unpaired) electrons. The number of hydrogen-bond donors (Lipinski definition) is 1. The van der Waals surface area contributed by atoms with Gasteiger partial charge in [0.1, 0.15) is 10.6 Å².